The van der Waals surface area contributed by atoms with E-state index in [1.807, 2.05) is 12.1 Å². The van der Waals surface area contributed by atoms with Gasteiger partial charge in [0, 0.05) is 5.88 Å². The van der Waals surface area contributed by atoms with E-state index < -0.39 is 0 Å². The smallest absolute Gasteiger partial charge is 0.137 e. The fourth-order valence-electron chi connectivity index (χ4n) is 2.20. The summed E-state index contributed by atoms with van der Waals surface area (Å²) in [5, 5.41) is 0. The number of benzene rings is 1. The Morgan fingerprint density at radius 1 is 1.50 bits per heavy atom. The molecule has 0 heterocycles. The van der Waals surface area contributed by atoms with Gasteiger partial charge in [-0.3, -0.25) is 0 Å². The zero-order valence-corrected chi connectivity index (χ0v) is 11.6. The molecule has 0 aliphatic heterocycles. The second kappa shape index (κ2) is 4.66. The topological polar surface area (TPSA) is 0 Å². The Hall–Kier alpha value is -0.0800. The molecule has 1 fully saturated rings. The van der Waals surface area contributed by atoms with Gasteiger partial charge in [-0.05, 0) is 64.2 Å². The zero-order chi connectivity index (χ0) is 11.8. The Labute approximate surface area is 109 Å². The van der Waals surface area contributed by atoms with Crippen molar-refractivity contribution >= 4 is 27.5 Å². The fraction of sp³-hybridized carbons (Fsp3) is 0.538. The standard InChI is InChI=1S/C13H15BrClF/c1-13(8-15,10-3-4-10)7-9-2-5-12(16)11(14)6-9/h2,5-6,10H,3-4,7-8H2,1H3. The highest BCUT2D eigenvalue weighted by atomic mass is 79.9. The first kappa shape index (κ1) is 12.4. The lowest BCUT2D eigenvalue weighted by Gasteiger charge is -2.27. The van der Waals surface area contributed by atoms with Crippen molar-refractivity contribution in [3.63, 3.8) is 0 Å². The van der Waals surface area contributed by atoms with E-state index in [1.165, 1.54) is 18.9 Å². The van der Waals surface area contributed by atoms with Gasteiger partial charge in [0.25, 0.3) is 0 Å². The highest BCUT2D eigenvalue weighted by Crippen LogP contribution is 2.48. The van der Waals surface area contributed by atoms with Crippen molar-refractivity contribution in [2.75, 3.05) is 5.88 Å². The first-order valence-electron chi connectivity index (χ1n) is 5.55. The van der Waals surface area contributed by atoms with Gasteiger partial charge in [0.15, 0.2) is 0 Å². The molecule has 0 saturated heterocycles. The van der Waals surface area contributed by atoms with Crippen LogP contribution in [0.1, 0.15) is 25.3 Å². The van der Waals surface area contributed by atoms with Crippen molar-refractivity contribution in [2.45, 2.75) is 26.2 Å². The van der Waals surface area contributed by atoms with E-state index in [0.29, 0.717) is 10.4 Å². The second-order valence-corrected chi connectivity index (χ2v) is 6.11. The van der Waals surface area contributed by atoms with Crippen LogP contribution in [-0.2, 0) is 6.42 Å². The molecule has 88 valence electrons. The van der Waals surface area contributed by atoms with Crippen LogP contribution in [0.3, 0.4) is 0 Å². The molecule has 1 unspecified atom stereocenters. The third-order valence-electron chi connectivity index (χ3n) is 3.46. The first-order valence-corrected chi connectivity index (χ1v) is 6.88. The molecule has 0 N–H and O–H groups in total. The molecule has 1 aliphatic carbocycles. The average molecular weight is 306 g/mol. The molecule has 1 aromatic rings. The van der Waals surface area contributed by atoms with Crippen molar-refractivity contribution in [3.8, 4) is 0 Å². The SMILES string of the molecule is CC(CCl)(Cc1ccc(F)c(Br)c1)C1CC1. The van der Waals surface area contributed by atoms with Crippen LogP contribution >= 0.6 is 27.5 Å². The van der Waals surface area contributed by atoms with E-state index >= 15 is 0 Å². The Bertz CT molecular complexity index is 390. The molecular weight excluding hydrogens is 290 g/mol. The van der Waals surface area contributed by atoms with E-state index in [9.17, 15) is 4.39 Å². The quantitative estimate of drug-likeness (QED) is 0.702. The van der Waals surface area contributed by atoms with Gasteiger partial charge in [-0.1, -0.05) is 13.0 Å². The Kier molecular flexibility index (Phi) is 3.60. The Balaban J connectivity index is 2.15. The number of rotatable bonds is 4. The molecule has 1 atom stereocenters. The molecule has 16 heavy (non-hydrogen) atoms. The van der Waals surface area contributed by atoms with Gasteiger partial charge in [0.05, 0.1) is 4.47 Å². The van der Waals surface area contributed by atoms with Crippen LogP contribution in [0.2, 0.25) is 0 Å². The molecule has 2 rings (SSSR count). The molecule has 3 heteroatoms. The maximum Gasteiger partial charge on any atom is 0.137 e. The molecule has 0 amide bonds. The molecule has 0 aromatic heterocycles. The molecule has 1 aromatic carbocycles. The minimum atomic E-state index is -0.206. The minimum Gasteiger partial charge on any atom is -0.206 e. The maximum absolute atomic E-state index is 13.1. The highest BCUT2D eigenvalue weighted by molar-refractivity contribution is 9.10. The van der Waals surface area contributed by atoms with E-state index in [2.05, 4.69) is 22.9 Å². The average Bonchev–Trinajstić information content (AvgIpc) is 3.07. The van der Waals surface area contributed by atoms with Crippen LogP contribution in [0, 0.1) is 17.2 Å². The van der Waals surface area contributed by atoms with Gasteiger partial charge in [-0.15, -0.1) is 11.6 Å². The van der Waals surface area contributed by atoms with Gasteiger partial charge >= 0.3 is 0 Å². The van der Waals surface area contributed by atoms with Gasteiger partial charge in [-0.25, -0.2) is 4.39 Å². The Morgan fingerprint density at radius 3 is 2.69 bits per heavy atom. The normalized spacial score (nSPS) is 19.5. The molecule has 0 nitrogen and oxygen atoms in total. The molecule has 0 bridgehead atoms. The summed E-state index contributed by atoms with van der Waals surface area (Å²) in [6.07, 6.45) is 3.50. The van der Waals surface area contributed by atoms with Gasteiger partial charge in [0.2, 0.25) is 0 Å². The molecule has 1 saturated carbocycles. The van der Waals surface area contributed by atoms with Gasteiger partial charge < -0.3 is 0 Å². The Morgan fingerprint density at radius 2 is 2.19 bits per heavy atom. The first-order chi connectivity index (χ1) is 7.55. The van der Waals surface area contributed by atoms with Crippen molar-refractivity contribution in [2.24, 2.45) is 11.3 Å². The monoisotopic (exact) mass is 304 g/mol. The lowest BCUT2D eigenvalue weighted by Crippen LogP contribution is -2.24. The van der Waals surface area contributed by atoms with Crippen LogP contribution in [0.25, 0.3) is 0 Å². The maximum atomic E-state index is 13.1. The van der Waals surface area contributed by atoms with Crippen LogP contribution in [0.5, 0.6) is 0 Å². The number of halogens is 3. The summed E-state index contributed by atoms with van der Waals surface area (Å²) in [6, 6.07) is 5.23. The van der Waals surface area contributed by atoms with Crippen LogP contribution in [0.15, 0.2) is 22.7 Å². The third-order valence-corrected chi connectivity index (χ3v) is 4.68. The number of hydrogen-bond acceptors (Lipinski definition) is 0. The van der Waals surface area contributed by atoms with Crippen molar-refractivity contribution in [3.05, 3.63) is 34.1 Å². The van der Waals surface area contributed by atoms with E-state index in [1.54, 1.807) is 0 Å². The number of hydrogen-bond donors (Lipinski definition) is 0. The zero-order valence-electron chi connectivity index (χ0n) is 9.27. The summed E-state index contributed by atoms with van der Waals surface area (Å²) in [7, 11) is 0. The summed E-state index contributed by atoms with van der Waals surface area (Å²) in [4.78, 5) is 0. The predicted molar refractivity (Wildman–Crippen MR) is 69.4 cm³/mol. The summed E-state index contributed by atoms with van der Waals surface area (Å²) in [6.45, 7) is 2.23. The van der Waals surface area contributed by atoms with Crippen molar-refractivity contribution < 1.29 is 4.39 Å². The fourth-order valence-corrected chi connectivity index (χ4v) is 2.94. The summed E-state index contributed by atoms with van der Waals surface area (Å²) in [5.41, 5.74) is 1.32. The van der Waals surface area contributed by atoms with Gasteiger partial charge in [-0.2, -0.15) is 0 Å². The molecule has 0 radical (unpaired) electrons. The lowest BCUT2D eigenvalue weighted by atomic mass is 9.81. The third kappa shape index (κ3) is 2.60. The lowest BCUT2D eigenvalue weighted by molar-refractivity contribution is 0.313. The largest absolute Gasteiger partial charge is 0.206 e. The van der Waals surface area contributed by atoms with E-state index in [-0.39, 0.29) is 11.2 Å². The van der Waals surface area contributed by atoms with E-state index in [4.69, 9.17) is 11.6 Å². The van der Waals surface area contributed by atoms with Crippen molar-refractivity contribution in [1.29, 1.82) is 0 Å². The van der Waals surface area contributed by atoms with E-state index in [0.717, 1.165) is 17.9 Å². The van der Waals surface area contributed by atoms with Crippen LogP contribution in [-0.4, -0.2) is 5.88 Å². The summed E-state index contributed by atoms with van der Waals surface area (Å²) < 4.78 is 13.7. The number of alkyl halides is 1. The predicted octanol–water partition coefficient (Wildman–Crippen LogP) is 4.79. The highest BCUT2D eigenvalue weighted by Gasteiger charge is 2.40. The summed E-state index contributed by atoms with van der Waals surface area (Å²) >= 11 is 9.30. The molecule has 0 spiro atoms. The van der Waals surface area contributed by atoms with Crippen LogP contribution < -0.4 is 0 Å². The van der Waals surface area contributed by atoms with Crippen LogP contribution in [0.4, 0.5) is 4.39 Å². The van der Waals surface area contributed by atoms with Gasteiger partial charge in [0.1, 0.15) is 5.82 Å². The molecular formula is C13H15BrClF. The minimum absolute atomic E-state index is 0.166. The molecule has 1 aliphatic rings. The summed E-state index contributed by atoms with van der Waals surface area (Å²) in [5.74, 6) is 1.21. The van der Waals surface area contributed by atoms with Crippen molar-refractivity contribution in [1.82, 2.24) is 0 Å². The second-order valence-electron chi connectivity index (χ2n) is 4.99.